The van der Waals surface area contributed by atoms with Crippen LogP contribution in [0.3, 0.4) is 0 Å². The highest BCUT2D eigenvalue weighted by molar-refractivity contribution is 5.86. The number of hydrogen-bond acceptors (Lipinski definition) is 3. The first-order valence-electron chi connectivity index (χ1n) is 7.46. The van der Waals surface area contributed by atoms with Gasteiger partial charge in [0.05, 0.1) is 0 Å². The molecule has 1 aromatic carbocycles. The third kappa shape index (κ3) is 3.02. The lowest BCUT2D eigenvalue weighted by molar-refractivity contribution is -0.124. The van der Waals surface area contributed by atoms with Crippen LogP contribution in [0.1, 0.15) is 38.2 Å². The molecule has 0 bridgehead atoms. The zero-order chi connectivity index (χ0) is 14.6. The minimum absolute atomic E-state index is 0.455. The third-order valence-electron chi connectivity index (χ3n) is 4.40. The molecule has 2 rings (SSSR count). The van der Waals surface area contributed by atoms with Gasteiger partial charge in [-0.3, -0.25) is 9.69 Å². The summed E-state index contributed by atoms with van der Waals surface area (Å²) in [6, 6.07) is 9.99. The highest BCUT2D eigenvalue weighted by Crippen LogP contribution is 2.25. The maximum atomic E-state index is 12.0. The van der Waals surface area contributed by atoms with E-state index in [1.165, 1.54) is 19.3 Å². The van der Waals surface area contributed by atoms with Gasteiger partial charge < -0.3 is 11.5 Å². The van der Waals surface area contributed by atoms with E-state index in [9.17, 15) is 4.79 Å². The van der Waals surface area contributed by atoms with E-state index >= 15 is 0 Å². The predicted octanol–water partition coefficient (Wildman–Crippen LogP) is 1.59. The van der Waals surface area contributed by atoms with Crippen molar-refractivity contribution in [3.63, 3.8) is 0 Å². The van der Waals surface area contributed by atoms with Crippen molar-refractivity contribution in [2.24, 2.45) is 11.5 Å². The molecule has 20 heavy (non-hydrogen) atoms. The number of amides is 1. The summed E-state index contributed by atoms with van der Waals surface area (Å²) < 4.78 is 0. The number of hydrogen-bond donors (Lipinski definition) is 2. The van der Waals surface area contributed by atoms with E-state index in [-0.39, 0.29) is 0 Å². The Bertz CT molecular complexity index is 448. The predicted molar refractivity (Wildman–Crippen MR) is 81.0 cm³/mol. The molecule has 0 aromatic heterocycles. The molecule has 4 heteroatoms. The monoisotopic (exact) mass is 275 g/mol. The van der Waals surface area contributed by atoms with Crippen LogP contribution in [0.15, 0.2) is 30.3 Å². The molecular weight excluding hydrogens is 250 g/mol. The fraction of sp³-hybridized carbons (Fsp3) is 0.562. The smallest absolute Gasteiger partial charge is 0.243 e. The molecule has 1 aromatic rings. The highest BCUT2D eigenvalue weighted by Gasteiger charge is 2.38. The van der Waals surface area contributed by atoms with Crippen molar-refractivity contribution in [2.75, 3.05) is 13.1 Å². The summed E-state index contributed by atoms with van der Waals surface area (Å²) in [4.78, 5) is 14.3. The Morgan fingerprint density at radius 2 is 2.05 bits per heavy atom. The van der Waals surface area contributed by atoms with Crippen LogP contribution in [-0.4, -0.2) is 29.9 Å². The second-order valence-electron chi connectivity index (χ2n) is 5.73. The van der Waals surface area contributed by atoms with E-state index in [0.29, 0.717) is 12.6 Å². The standard InChI is InChI=1S/C16H25N3O/c1-2-14-10-6-7-11-19(14)12-16(18,15(17)20)13-8-4-3-5-9-13/h3-5,8-9,14H,2,6-7,10-12,18H2,1H3,(H2,17,20). The summed E-state index contributed by atoms with van der Waals surface area (Å²) in [5.41, 5.74) is 11.7. The largest absolute Gasteiger partial charge is 0.368 e. The molecule has 1 heterocycles. The van der Waals surface area contributed by atoms with E-state index in [0.717, 1.165) is 18.5 Å². The Morgan fingerprint density at radius 3 is 2.65 bits per heavy atom. The number of primary amides is 1. The summed E-state index contributed by atoms with van der Waals surface area (Å²) >= 11 is 0. The Kier molecular flexibility index (Phi) is 4.78. The fourth-order valence-corrected chi connectivity index (χ4v) is 3.10. The molecule has 1 aliphatic rings. The molecule has 0 aliphatic carbocycles. The zero-order valence-corrected chi connectivity index (χ0v) is 12.2. The first-order valence-corrected chi connectivity index (χ1v) is 7.46. The van der Waals surface area contributed by atoms with Crippen LogP contribution in [-0.2, 0) is 10.3 Å². The van der Waals surface area contributed by atoms with Gasteiger partial charge in [-0.15, -0.1) is 0 Å². The van der Waals surface area contributed by atoms with E-state index in [4.69, 9.17) is 11.5 Å². The summed E-state index contributed by atoms with van der Waals surface area (Å²) in [6.07, 6.45) is 4.69. The molecule has 1 fully saturated rings. The van der Waals surface area contributed by atoms with Crippen molar-refractivity contribution in [3.8, 4) is 0 Å². The van der Waals surface area contributed by atoms with Gasteiger partial charge in [-0.1, -0.05) is 43.7 Å². The number of likely N-dealkylation sites (tertiary alicyclic amines) is 1. The van der Waals surface area contributed by atoms with Crippen LogP contribution < -0.4 is 11.5 Å². The lowest BCUT2D eigenvalue weighted by atomic mass is 9.87. The van der Waals surface area contributed by atoms with Crippen LogP contribution >= 0.6 is 0 Å². The summed E-state index contributed by atoms with van der Waals surface area (Å²) in [7, 11) is 0. The van der Waals surface area contributed by atoms with E-state index in [1.54, 1.807) is 0 Å². The second kappa shape index (κ2) is 6.37. The number of carbonyl (C=O) groups is 1. The Hall–Kier alpha value is -1.39. The molecule has 0 radical (unpaired) electrons. The Morgan fingerprint density at radius 1 is 1.35 bits per heavy atom. The maximum absolute atomic E-state index is 12.0. The van der Waals surface area contributed by atoms with Gasteiger partial charge in [-0.05, 0) is 31.4 Å². The molecule has 110 valence electrons. The molecule has 1 amide bonds. The summed E-state index contributed by atoms with van der Waals surface area (Å²) in [5.74, 6) is -0.455. The van der Waals surface area contributed by atoms with Gasteiger partial charge in [-0.2, -0.15) is 0 Å². The average Bonchev–Trinajstić information content (AvgIpc) is 2.48. The third-order valence-corrected chi connectivity index (χ3v) is 4.40. The molecule has 0 spiro atoms. The van der Waals surface area contributed by atoms with E-state index in [1.807, 2.05) is 30.3 Å². The number of piperidine rings is 1. The van der Waals surface area contributed by atoms with Gasteiger partial charge in [0.2, 0.25) is 5.91 Å². The number of nitrogens with zero attached hydrogens (tertiary/aromatic N) is 1. The van der Waals surface area contributed by atoms with Crippen molar-refractivity contribution >= 4 is 5.91 Å². The number of benzene rings is 1. The van der Waals surface area contributed by atoms with Crippen molar-refractivity contribution in [1.29, 1.82) is 0 Å². The van der Waals surface area contributed by atoms with Gasteiger partial charge >= 0.3 is 0 Å². The fourth-order valence-electron chi connectivity index (χ4n) is 3.10. The highest BCUT2D eigenvalue weighted by atomic mass is 16.1. The minimum atomic E-state index is -1.11. The zero-order valence-electron chi connectivity index (χ0n) is 12.2. The average molecular weight is 275 g/mol. The molecule has 1 aliphatic heterocycles. The van der Waals surface area contributed by atoms with Gasteiger partial charge in [0.15, 0.2) is 0 Å². The van der Waals surface area contributed by atoms with Crippen molar-refractivity contribution in [2.45, 2.75) is 44.2 Å². The maximum Gasteiger partial charge on any atom is 0.243 e. The van der Waals surface area contributed by atoms with Crippen LogP contribution in [0.4, 0.5) is 0 Å². The first kappa shape index (κ1) is 15.0. The summed E-state index contributed by atoms with van der Waals surface area (Å²) in [5, 5.41) is 0. The van der Waals surface area contributed by atoms with E-state index < -0.39 is 11.4 Å². The molecule has 1 saturated heterocycles. The Labute approximate surface area is 121 Å². The number of rotatable bonds is 5. The molecule has 4 N–H and O–H groups in total. The molecule has 2 atom stereocenters. The molecule has 0 saturated carbocycles. The van der Waals surface area contributed by atoms with Gasteiger partial charge in [0, 0.05) is 12.6 Å². The van der Waals surface area contributed by atoms with Crippen LogP contribution in [0, 0.1) is 0 Å². The van der Waals surface area contributed by atoms with E-state index in [2.05, 4.69) is 11.8 Å². The van der Waals surface area contributed by atoms with Gasteiger partial charge in [-0.25, -0.2) is 0 Å². The van der Waals surface area contributed by atoms with Crippen LogP contribution in [0.25, 0.3) is 0 Å². The van der Waals surface area contributed by atoms with Crippen molar-refractivity contribution in [3.05, 3.63) is 35.9 Å². The number of carbonyl (C=O) groups excluding carboxylic acids is 1. The first-order chi connectivity index (χ1) is 9.58. The van der Waals surface area contributed by atoms with Crippen molar-refractivity contribution < 1.29 is 4.79 Å². The second-order valence-corrected chi connectivity index (χ2v) is 5.73. The topological polar surface area (TPSA) is 72.3 Å². The molecule has 2 unspecified atom stereocenters. The van der Waals surface area contributed by atoms with Gasteiger partial charge in [0.25, 0.3) is 0 Å². The van der Waals surface area contributed by atoms with Crippen molar-refractivity contribution in [1.82, 2.24) is 4.90 Å². The normalized spacial score (nSPS) is 23.2. The lowest BCUT2D eigenvalue weighted by Crippen LogP contribution is -2.58. The summed E-state index contributed by atoms with van der Waals surface area (Å²) in [6.45, 7) is 3.69. The SMILES string of the molecule is CCC1CCCCN1CC(N)(C(N)=O)c1ccccc1. The lowest BCUT2D eigenvalue weighted by Gasteiger charge is -2.40. The molecule has 4 nitrogen and oxygen atoms in total. The molecular formula is C16H25N3O. The Balaban J connectivity index is 2.23. The van der Waals surface area contributed by atoms with Gasteiger partial charge in [0.1, 0.15) is 5.54 Å². The van der Waals surface area contributed by atoms with Crippen LogP contribution in [0.2, 0.25) is 0 Å². The van der Waals surface area contributed by atoms with Crippen LogP contribution in [0.5, 0.6) is 0 Å². The number of nitrogens with two attached hydrogens (primary N) is 2. The quantitative estimate of drug-likeness (QED) is 0.857. The minimum Gasteiger partial charge on any atom is -0.368 e.